The molecule has 12 rings (SSSR count). The largest absolute Gasteiger partial charge is 0.364 e. The lowest BCUT2D eigenvalue weighted by Crippen LogP contribution is -2.34. The number of hydrogen-bond donors (Lipinski definition) is 30. The summed E-state index contributed by atoms with van der Waals surface area (Å²) in [6, 6.07) is 11.2. The van der Waals surface area contributed by atoms with Crippen LogP contribution in [0, 0.1) is 34.9 Å². The summed E-state index contributed by atoms with van der Waals surface area (Å²) < 4.78 is 356. The average molecular weight is 2640 g/mol. The summed E-state index contributed by atoms with van der Waals surface area (Å²) in [6.45, 7) is -12.6. The van der Waals surface area contributed by atoms with Crippen molar-refractivity contribution in [3.8, 4) is 0 Å². The maximum absolute atomic E-state index is 13.8. The summed E-state index contributed by atoms with van der Waals surface area (Å²) in [6.07, 6.45) is 0. The number of anilines is 6. The van der Waals surface area contributed by atoms with Crippen LogP contribution >= 0.6 is 95.6 Å². The zero-order chi connectivity index (χ0) is 123. The van der Waals surface area contributed by atoms with E-state index in [0.29, 0.717) is 0 Å². The molecule has 12 aromatic rings. The Labute approximate surface area is 909 Å². The number of hydrogen-bond acceptors (Lipinski definition) is 48. The fraction of sp³-hybridized carbons (Fsp3) is 0.182. The van der Waals surface area contributed by atoms with Gasteiger partial charge in [-0.3, -0.25) is 64.1 Å². The zero-order valence-corrected chi connectivity index (χ0v) is 87.5. The van der Waals surface area contributed by atoms with Crippen molar-refractivity contribution in [3.63, 3.8) is 0 Å². The molecule has 6 aromatic heterocycles. The van der Waals surface area contributed by atoms with Crippen molar-refractivity contribution in [1.29, 1.82) is 0 Å². The van der Waals surface area contributed by atoms with E-state index in [9.17, 15) is 108 Å². The van der Waals surface area contributed by atoms with E-state index in [0.717, 1.165) is 30.3 Å². The Morgan fingerprint density at radius 1 is 0.273 bits per heavy atom. The number of halogens is 12. The predicted molar refractivity (Wildman–Crippen MR) is 535 cm³/mol. The summed E-state index contributed by atoms with van der Waals surface area (Å²) in [4.78, 5) is 23.7. The molecule has 66 nitrogen and oxygen atoms in total. The smallest absolute Gasteiger partial charge is 0.274 e. The summed E-state index contributed by atoms with van der Waals surface area (Å²) in [5.41, 5.74) is 9.36. The van der Waals surface area contributed by atoms with E-state index in [1.807, 2.05) is 20.2 Å². The Morgan fingerprint density at radius 2 is 0.520 bits per heavy atom. The normalized spacial score (nSPS) is 14.0. The molecule has 0 aliphatic heterocycles. The minimum Gasteiger partial charge on any atom is -0.364 e. The fourth-order valence-corrected chi connectivity index (χ4v) is 13.0. The van der Waals surface area contributed by atoms with Gasteiger partial charge in [-0.25, -0.2) is 143 Å². The van der Waals surface area contributed by atoms with Crippen LogP contribution in [0.25, 0.3) is 0 Å². The van der Waals surface area contributed by atoms with Crippen molar-refractivity contribution in [3.05, 3.63) is 205 Å². The Bertz CT molecular complexity index is 8240. The zero-order valence-electron chi connectivity index (χ0n) is 87.1. The lowest BCUT2D eigenvalue weighted by Gasteiger charge is -2.06. The van der Waals surface area contributed by atoms with Crippen LogP contribution in [0.15, 0.2) is 194 Å². The molecule has 6 aromatic carbocycles. The second kappa shape index (κ2) is 60.3. The van der Waals surface area contributed by atoms with Gasteiger partial charge in [0.05, 0.1) is 74.7 Å². The van der Waals surface area contributed by atoms with Crippen molar-refractivity contribution >= 4 is 261 Å². The van der Waals surface area contributed by atoms with E-state index in [2.05, 4.69) is 252 Å². The van der Waals surface area contributed by atoms with Gasteiger partial charge in [-0.1, -0.05) is 0 Å². The molecule has 84 heteroatoms. The lowest BCUT2D eigenvalue weighted by atomic mass is 10.3. The highest BCUT2D eigenvalue weighted by Gasteiger charge is 2.25. The van der Waals surface area contributed by atoms with Crippen molar-refractivity contribution < 1.29 is 155 Å². The van der Waals surface area contributed by atoms with Gasteiger partial charge in [0.1, 0.15) is 34.9 Å². The van der Waals surface area contributed by atoms with E-state index < -0.39 is 200 Å². The third-order valence-corrected chi connectivity index (χ3v) is 21.8. The monoisotopic (exact) mass is 2640 g/mol. The summed E-state index contributed by atoms with van der Waals surface area (Å²) in [5.74, 6) is -7.25. The van der Waals surface area contributed by atoms with E-state index >= 15 is 0 Å². The van der Waals surface area contributed by atoms with Gasteiger partial charge in [-0.2, -0.15) is 50.5 Å². The minimum absolute atomic E-state index is 0.00268. The van der Waals surface area contributed by atoms with Crippen LogP contribution < -0.4 is 124 Å². The third-order valence-electron chi connectivity index (χ3n) is 15.1. The number of nitrogens with zero attached hydrogens (tertiary/aromatic N) is 18. The van der Waals surface area contributed by atoms with Gasteiger partial charge in [-0.05, 0) is 267 Å². The van der Waals surface area contributed by atoms with Crippen molar-refractivity contribution in [2.45, 2.75) is 0 Å². The molecule has 0 saturated carbocycles. The van der Waals surface area contributed by atoms with Crippen molar-refractivity contribution in [1.82, 2.24) is 123 Å². The number of amidine groups is 6. The molecule has 0 radical (unpaired) electrons. The standard InChI is InChI=1S/6C11H13BrFN7O4S/c6*12-7-5-6(1-2-8(7)13)17-11(18-21)9-10(20-24-19-9)15-3-4-16-25(14,22)23/h6*1-2,5,16,21H,3-4H2,(H,15,20)(H,17,18)(H2,14,22,23)/i1D,2D,5D;3D2,4D2;1D,5D;4D2;3D2;2D. The van der Waals surface area contributed by atoms with Crippen LogP contribution in [0.1, 0.15) is 53.4 Å². The molecule has 0 aliphatic rings. The SMILES string of the molecule is [2H]C([2H])(CNS(N)(=O)=O)Nc1nonc1C(=Nc1ccc(F)c(Br)c1)NO.[2H]C([2H])(CNc1nonc1C(=Nc1ccc(F)c(Br)c1)NO)NS(N)(=O)=O.[2H]C([2H])(Nc1nonc1C(=Nc1ccc(F)c(Br)c1)NO)C([2H])([2H])NS(N)(=O)=O.[2H]c1c([2H])c(N=C(NO)c2nonc2NCCNS(N)(=O)=O)c([2H])c(Br)c1F.[2H]c1cc(F)c(Br)c([2H])c1N=C(NO)c1nonc1NCCNS(N)(=O)=O.[2H]c1cc(N=C(NO)c2nonc2NCCNS(N)(=O)=O)cc(Br)c1F. The maximum atomic E-state index is 13.8. The Balaban J connectivity index is 0.000000264. The molecule has 0 atom stereocenters. The summed E-state index contributed by atoms with van der Waals surface area (Å²) >= 11 is 17.6. The first-order chi connectivity index (χ1) is 76.2. The molecule has 6 heterocycles. The van der Waals surface area contributed by atoms with Crippen LogP contribution in [-0.4, -0.2) is 257 Å². The second-order valence-electron chi connectivity index (χ2n) is 25.8. The van der Waals surface area contributed by atoms with E-state index in [4.69, 9.17) is 44.9 Å². The first-order valence-electron chi connectivity index (χ1n) is 45.0. The lowest BCUT2D eigenvalue weighted by molar-refractivity contribution is 0.233. The molecule has 816 valence electrons. The summed E-state index contributed by atoms with van der Waals surface area (Å²) in [5, 5.41) is 141. The van der Waals surface area contributed by atoms with Gasteiger partial charge in [-0.15, -0.1) is 0 Å². The van der Waals surface area contributed by atoms with Gasteiger partial charge < -0.3 is 31.9 Å². The topological polar surface area (TPSA) is 1010 Å². The van der Waals surface area contributed by atoms with Crippen LogP contribution in [-0.2, 0) is 61.3 Å². The predicted octanol–water partition coefficient (Wildman–Crippen LogP) is 1.40. The van der Waals surface area contributed by atoms with Crippen LogP contribution in [0.5, 0.6) is 0 Å². The highest BCUT2D eigenvalue weighted by Crippen LogP contribution is 2.31. The molecule has 0 fully saturated rings. The van der Waals surface area contributed by atoms with E-state index in [1.165, 1.54) is 47.2 Å². The molecule has 36 N–H and O–H groups in total. The molecule has 0 amide bonds. The number of rotatable bonds is 42. The minimum atomic E-state index is -4.60. The van der Waals surface area contributed by atoms with E-state index in [1.54, 1.807) is 36.8 Å². The van der Waals surface area contributed by atoms with Crippen molar-refractivity contribution in [2.75, 3.05) is 110 Å². The van der Waals surface area contributed by atoms with Crippen LogP contribution in [0.2, 0.25) is 0 Å². The maximum Gasteiger partial charge on any atom is 0.274 e. The highest BCUT2D eigenvalue weighted by molar-refractivity contribution is 9.11. The molecule has 0 unspecified atom stereocenters. The van der Waals surface area contributed by atoms with Crippen LogP contribution in [0.3, 0.4) is 0 Å². The molecule has 0 bridgehead atoms. The quantitative estimate of drug-likeness (QED) is 0.00845. The number of nitrogens with one attached hydrogen (secondary N) is 18. The molecule has 0 spiro atoms. The Kier molecular flexibility index (Phi) is 41.4. The van der Waals surface area contributed by atoms with E-state index in [-0.39, 0.29) is 175 Å². The molecule has 150 heavy (non-hydrogen) atoms. The fourth-order valence-electron chi connectivity index (χ4n) is 9.10. The van der Waals surface area contributed by atoms with Gasteiger partial charge in [0.15, 0.2) is 69.2 Å². The van der Waals surface area contributed by atoms with Gasteiger partial charge in [0.2, 0.25) is 34.9 Å². The van der Waals surface area contributed by atoms with Crippen LogP contribution in [0.4, 0.5) is 95.4 Å². The van der Waals surface area contributed by atoms with Gasteiger partial charge >= 0.3 is 0 Å². The average Bonchev–Trinajstić information content (AvgIpc) is 1.36. The third kappa shape index (κ3) is 44.8. The molecular formula is C66H78Br6F6N42O24S6. The molecule has 0 saturated heterocycles. The molecule has 0 aliphatic carbocycles. The number of aliphatic imine (C=N–C) groups is 6. The van der Waals surface area contributed by atoms with Crippen molar-refractivity contribution in [2.24, 2.45) is 60.8 Å². The first-order valence-corrected chi connectivity index (χ1v) is 52.1. The van der Waals surface area contributed by atoms with Gasteiger partial charge in [0.25, 0.3) is 61.3 Å². The van der Waals surface area contributed by atoms with Gasteiger partial charge in [0, 0.05) is 83.8 Å². The summed E-state index contributed by atoms with van der Waals surface area (Å²) in [7, 11) is -24.6. The number of nitrogens with two attached hydrogens (primary N) is 6. The molecular weight excluding hydrogens is 2550 g/mol. The number of benzene rings is 6. The number of hydroxylamine groups is 6. The first kappa shape index (κ1) is 103. The Hall–Kier alpha value is -12.8. The Morgan fingerprint density at radius 3 is 0.820 bits per heavy atom. The number of aromatic nitrogens is 12. The highest BCUT2D eigenvalue weighted by atomic mass is 79.9. The second-order valence-corrected chi connectivity index (χ2v) is 38.9.